The molecule has 2 N–H and O–H groups in total. The van der Waals surface area contributed by atoms with Gasteiger partial charge >= 0.3 is 5.97 Å². The third-order valence-electron chi connectivity index (χ3n) is 3.48. The van der Waals surface area contributed by atoms with E-state index >= 15 is 0 Å². The summed E-state index contributed by atoms with van der Waals surface area (Å²) >= 11 is 7.13. The highest BCUT2D eigenvalue weighted by Crippen LogP contribution is 2.36. The minimum absolute atomic E-state index is 0.122. The molecular weight excluding hydrogens is 378 g/mol. The lowest BCUT2D eigenvalue weighted by atomic mass is 10.2. The Hall–Kier alpha value is -2.58. The Morgan fingerprint density at radius 2 is 2.15 bits per heavy atom. The number of hydrogen-bond donors (Lipinski definition) is 2. The summed E-state index contributed by atoms with van der Waals surface area (Å²) in [7, 11) is 0. The van der Waals surface area contributed by atoms with Gasteiger partial charge in [-0.15, -0.1) is 11.8 Å². The summed E-state index contributed by atoms with van der Waals surface area (Å²) in [5.41, 5.74) is 0.805. The highest BCUT2D eigenvalue weighted by molar-refractivity contribution is 8.00. The van der Waals surface area contributed by atoms with Gasteiger partial charge in [0.1, 0.15) is 5.82 Å². The molecule has 1 aliphatic heterocycles. The van der Waals surface area contributed by atoms with Gasteiger partial charge in [0.2, 0.25) is 5.91 Å². The maximum Gasteiger partial charge on any atom is 0.338 e. The Labute approximate surface area is 158 Å². The lowest BCUT2D eigenvalue weighted by Crippen LogP contribution is -2.26. The first-order valence-electron chi connectivity index (χ1n) is 7.62. The summed E-state index contributed by atoms with van der Waals surface area (Å²) in [5, 5.41) is 5.49. The molecule has 2 aromatic rings. The first kappa shape index (κ1) is 18.2. The summed E-state index contributed by atoms with van der Waals surface area (Å²) in [6, 6.07) is 7.98. The zero-order chi connectivity index (χ0) is 18.7. The first-order valence-corrected chi connectivity index (χ1v) is 8.88. The van der Waals surface area contributed by atoms with Gasteiger partial charge in [-0.25, -0.2) is 9.78 Å². The Morgan fingerprint density at radius 1 is 1.35 bits per heavy atom. The number of nitrogens with one attached hydrogen (secondary N) is 2. The minimum atomic E-state index is -0.662. The van der Waals surface area contributed by atoms with Gasteiger partial charge in [-0.2, -0.15) is 0 Å². The van der Waals surface area contributed by atoms with Crippen LogP contribution in [0.3, 0.4) is 0 Å². The molecular formula is C17H14ClN3O4S. The molecule has 7 nitrogen and oxygen atoms in total. The van der Waals surface area contributed by atoms with E-state index in [2.05, 4.69) is 15.6 Å². The average molecular weight is 392 g/mol. The first-order chi connectivity index (χ1) is 12.4. The smallest absolute Gasteiger partial charge is 0.338 e. The lowest BCUT2D eigenvalue weighted by Gasteiger charge is -2.21. The van der Waals surface area contributed by atoms with E-state index in [1.54, 1.807) is 25.1 Å². The number of rotatable bonds is 4. The summed E-state index contributed by atoms with van der Waals surface area (Å²) in [4.78, 5) is 40.5. The molecule has 2 heterocycles. The molecule has 0 bridgehead atoms. The van der Waals surface area contributed by atoms with Crippen molar-refractivity contribution in [3.8, 4) is 0 Å². The van der Waals surface area contributed by atoms with E-state index in [1.807, 2.05) is 0 Å². The maximum absolute atomic E-state index is 12.1. The fourth-order valence-corrected chi connectivity index (χ4v) is 3.22. The van der Waals surface area contributed by atoms with Gasteiger partial charge in [0.15, 0.2) is 6.61 Å². The highest BCUT2D eigenvalue weighted by Gasteiger charge is 2.24. The van der Waals surface area contributed by atoms with Crippen LogP contribution in [0, 0.1) is 0 Å². The van der Waals surface area contributed by atoms with Gasteiger partial charge in [-0.05, 0) is 37.3 Å². The van der Waals surface area contributed by atoms with Crippen molar-refractivity contribution in [1.29, 1.82) is 0 Å². The molecule has 1 aliphatic rings. The van der Waals surface area contributed by atoms with Crippen LogP contribution >= 0.6 is 23.4 Å². The number of carbonyl (C=O) groups is 3. The van der Waals surface area contributed by atoms with Crippen LogP contribution < -0.4 is 10.6 Å². The van der Waals surface area contributed by atoms with E-state index in [1.165, 1.54) is 30.1 Å². The van der Waals surface area contributed by atoms with Gasteiger partial charge in [-0.3, -0.25) is 9.59 Å². The van der Waals surface area contributed by atoms with Crippen molar-refractivity contribution in [1.82, 2.24) is 4.98 Å². The van der Waals surface area contributed by atoms with Crippen molar-refractivity contribution in [2.24, 2.45) is 0 Å². The third kappa shape index (κ3) is 4.33. The molecule has 0 radical (unpaired) electrons. The molecule has 134 valence electrons. The Balaban J connectivity index is 1.58. The number of aromatic nitrogens is 1. The number of ether oxygens (including phenoxy) is 1. The van der Waals surface area contributed by atoms with Gasteiger partial charge in [0.25, 0.3) is 5.91 Å². The molecule has 1 atom stereocenters. The normalized spacial score (nSPS) is 15.6. The molecule has 0 saturated heterocycles. The Morgan fingerprint density at radius 3 is 2.88 bits per heavy atom. The summed E-state index contributed by atoms with van der Waals surface area (Å²) in [6.07, 6.45) is 1.39. The zero-order valence-electron chi connectivity index (χ0n) is 13.6. The van der Waals surface area contributed by atoms with E-state index in [0.717, 1.165) is 4.90 Å². The van der Waals surface area contributed by atoms with E-state index < -0.39 is 18.5 Å². The van der Waals surface area contributed by atoms with Crippen LogP contribution in [0.5, 0.6) is 0 Å². The fourth-order valence-electron chi connectivity index (χ4n) is 2.18. The second-order valence-electron chi connectivity index (χ2n) is 5.45. The van der Waals surface area contributed by atoms with E-state index in [0.29, 0.717) is 16.5 Å². The summed E-state index contributed by atoms with van der Waals surface area (Å²) < 4.78 is 5.00. The van der Waals surface area contributed by atoms with E-state index in [9.17, 15) is 14.4 Å². The van der Waals surface area contributed by atoms with Crippen molar-refractivity contribution >= 4 is 52.7 Å². The van der Waals surface area contributed by atoms with Gasteiger partial charge in [-0.1, -0.05) is 11.6 Å². The molecule has 0 spiro atoms. The Kier molecular flexibility index (Phi) is 5.43. The van der Waals surface area contributed by atoms with Crippen LogP contribution in [0.25, 0.3) is 0 Å². The molecule has 1 aromatic heterocycles. The third-order valence-corrected chi connectivity index (χ3v) is 4.88. The van der Waals surface area contributed by atoms with Gasteiger partial charge < -0.3 is 15.4 Å². The molecule has 0 fully saturated rings. The van der Waals surface area contributed by atoms with Crippen LogP contribution in [-0.2, 0) is 14.3 Å². The molecule has 2 amide bonds. The van der Waals surface area contributed by atoms with E-state index in [4.69, 9.17) is 16.3 Å². The van der Waals surface area contributed by atoms with Crippen LogP contribution in [0.1, 0.15) is 17.3 Å². The average Bonchev–Trinajstić information content (AvgIpc) is 2.62. The number of thioether (sulfide) groups is 1. The molecule has 1 unspecified atom stereocenters. The van der Waals surface area contributed by atoms with Crippen LogP contribution in [0.4, 0.5) is 11.5 Å². The molecule has 9 heteroatoms. The largest absolute Gasteiger partial charge is 0.452 e. The highest BCUT2D eigenvalue weighted by atomic mass is 35.5. The van der Waals surface area contributed by atoms with Crippen LogP contribution in [0.15, 0.2) is 41.4 Å². The van der Waals surface area contributed by atoms with Crippen molar-refractivity contribution in [2.75, 3.05) is 17.2 Å². The van der Waals surface area contributed by atoms with Crippen molar-refractivity contribution in [3.63, 3.8) is 0 Å². The predicted octanol–water partition coefficient (Wildman–Crippen LogP) is 2.96. The molecule has 0 aliphatic carbocycles. The molecule has 26 heavy (non-hydrogen) atoms. The second-order valence-corrected chi connectivity index (χ2v) is 7.27. The number of esters is 1. The molecule has 1 aromatic carbocycles. The van der Waals surface area contributed by atoms with Gasteiger partial charge in [0.05, 0.1) is 21.5 Å². The lowest BCUT2D eigenvalue weighted by molar-refractivity contribution is -0.119. The summed E-state index contributed by atoms with van der Waals surface area (Å²) in [6.45, 7) is 1.34. The Bertz CT molecular complexity index is 873. The predicted molar refractivity (Wildman–Crippen MR) is 98.5 cm³/mol. The number of amides is 2. The number of hydrogen-bond acceptors (Lipinski definition) is 6. The number of benzene rings is 1. The van der Waals surface area contributed by atoms with Crippen LogP contribution in [-0.4, -0.2) is 34.6 Å². The van der Waals surface area contributed by atoms with Crippen molar-refractivity contribution < 1.29 is 19.1 Å². The van der Waals surface area contributed by atoms with Crippen molar-refractivity contribution in [3.05, 3.63) is 47.1 Å². The standard InChI is InChI=1S/C17H14ClN3O4S/c1-9-16(23)20-12-6-10(2-4-13(12)26-9)17(24)25-8-15(22)21-14-5-3-11(18)7-19-14/h2-7,9H,8H2,1H3,(H,20,23)(H,19,21,22). The number of pyridine rings is 1. The summed E-state index contributed by atoms with van der Waals surface area (Å²) in [5.74, 6) is -1.00. The fraction of sp³-hybridized carbons (Fsp3) is 0.176. The minimum Gasteiger partial charge on any atom is -0.452 e. The zero-order valence-corrected chi connectivity index (χ0v) is 15.2. The maximum atomic E-state index is 12.1. The number of anilines is 2. The monoisotopic (exact) mass is 391 g/mol. The number of fused-ring (bicyclic) bond motifs is 1. The molecule has 3 rings (SSSR count). The quantitative estimate of drug-likeness (QED) is 0.777. The van der Waals surface area contributed by atoms with Crippen LogP contribution in [0.2, 0.25) is 5.02 Å². The SMILES string of the molecule is CC1Sc2ccc(C(=O)OCC(=O)Nc3ccc(Cl)cn3)cc2NC1=O. The number of halogens is 1. The van der Waals surface area contributed by atoms with Crippen molar-refractivity contribution in [2.45, 2.75) is 17.1 Å². The van der Waals surface area contributed by atoms with E-state index in [-0.39, 0.29) is 16.7 Å². The number of nitrogens with zero attached hydrogens (tertiary/aromatic N) is 1. The molecule has 0 saturated carbocycles. The second kappa shape index (κ2) is 7.76. The van der Waals surface area contributed by atoms with Gasteiger partial charge in [0, 0.05) is 11.1 Å². The topological polar surface area (TPSA) is 97.4 Å². The number of carbonyl (C=O) groups excluding carboxylic acids is 3.